The van der Waals surface area contributed by atoms with Crippen molar-refractivity contribution >= 4 is 6.03 Å². The first-order valence-electron chi connectivity index (χ1n) is 6.81. The lowest BCUT2D eigenvalue weighted by atomic mass is 10.1. The van der Waals surface area contributed by atoms with Gasteiger partial charge < -0.3 is 14.5 Å². The first-order valence-corrected chi connectivity index (χ1v) is 6.81. The molecule has 4 nitrogen and oxygen atoms in total. The van der Waals surface area contributed by atoms with E-state index in [1.165, 1.54) is 12.1 Å². The van der Waals surface area contributed by atoms with Crippen molar-refractivity contribution in [2.75, 3.05) is 26.2 Å². The monoisotopic (exact) mass is 300 g/mol. The van der Waals surface area contributed by atoms with Gasteiger partial charge in [0.25, 0.3) is 0 Å². The summed E-state index contributed by atoms with van der Waals surface area (Å²) in [5.74, 6) is 0.186. The maximum atomic E-state index is 12.6. The Labute approximate surface area is 120 Å². The minimum absolute atomic E-state index is 0.00913. The summed E-state index contributed by atoms with van der Waals surface area (Å²) in [7, 11) is 0. The summed E-state index contributed by atoms with van der Waals surface area (Å²) in [6.07, 6.45) is -3.58. The van der Waals surface area contributed by atoms with Crippen LogP contribution in [0.5, 0.6) is 5.75 Å². The van der Waals surface area contributed by atoms with Gasteiger partial charge in [-0.3, -0.25) is 0 Å². The van der Waals surface area contributed by atoms with Crippen LogP contribution >= 0.6 is 0 Å². The Bertz CT molecular complexity index is 537. The Balaban J connectivity index is 1.53. The summed E-state index contributed by atoms with van der Waals surface area (Å²) in [6, 6.07) is 4.80. The smallest absolute Gasteiger partial charge is 0.416 e. The second-order valence-corrected chi connectivity index (χ2v) is 5.29. The molecule has 2 saturated heterocycles. The van der Waals surface area contributed by atoms with E-state index in [1.807, 2.05) is 0 Å². The molecule has 2 heterocycles. The quantitative estimate of drug-likeness (QED) is 0.841. The zero-order valence-corrected chi connectivity index (χ0v) is 11.3. The van der Waals surface area contributed by atoms with Gasteiger partial charge in [0, 0.05) is 13.1 Å². The summed E-state index contributed by atoms with van der Waals surface area (Å²) in [4.78, 5) is 15.2. The number of carbonyl (C=O) groups is 1. The van der Waals surface area contributed by atoms with Crippen molar-refractivity contribution in [3.8, 4) is 5.75 Å². The fourth-order valence-corrected chi connectivity index (χ4v) is 2.31. The number of ether oxygens (including phenoxy) is 1. The molecule has 1 aromatic carbocycles. The standard InChI is InChI=1S/C14H15F3N2O2/c15-14(16,17)10-3-1-4-11(7-10)21-12-8-19(9-12)13(20)18-5-2-6-18/h1,3-4,7,12H,2,5-6,8-9H2. The summed E-state index contributed by atoms with van der Waals surface area (Å²) in [5.41, 5.74) is -0.729. The molecule has 2 aliphatic heterocycles. The van der Waals surface area contributed by atoms with Crippen LogP contribution in [0.2, 0.25) is 0 Å². The van der Waals surface area contributed by atoms with Crippen molar-refractivity contribution in [1.82, 2.24) is 9.80 Å². The average Bonchev–Trinajstić information content (AvgIpc) is 2.30. The third-order valence-corrected chi connectivity index (χ3v) is 3.71. The van der Waals surface area contributed by atoms with E-state index in [9.17, 15) is 18.0 Å². The van der Waals surface area contributed by atoms with E-state index < -0.39 is 11.7 Å². The lowest BCUT2D eigenvalue weighted by Crippen LogP contribution is -2.61. The normalized spacial score (nSPS) is 19.0. The number of carbonyl (C=O) groups excluding carboxylic acids is 1. The van der Waals surface area contributed by atoms with Crippen LogP contribution in [-0.4, -0.2) is 48.1 Å². The summed E-state index contributed by atoms with van der Waals surface area (Å²) in [5, 5.41) is 0. The number of amides is 2. The van der Waals surface area contributed by atoms with Crippen molar-refractivity contribution in [3.05, 3.63) is 29.8 Å². The zero-order chi connectivity index (χ0) is 15.0. The number of rotatable bonds is 2. The molecule has 0 spiro atoms. The van der Waals surface area contributed by atoms with Gasteiger partial charge in [-0.2, -0.15) is 13.2 Å². The van der Waals surface area contributed by atoms with E-state index in [-0.39, 0.29) is 17.9 Å². The number of hydrogen-bond acceptors (Lipinski definition) is 2. The fraction of sp³-hybridized carbons (Fsp3) is 0.500. The molecule has 2 aliphatic rings. The summed E-state index contributed by atoms with van der Waals surface area (Å²) in [6.45, 7) is 2.42. The molecule has 0 unspecified atom stereocenters. The van der Waals surface area contributed by atoms with Crippen LogP contribution in [0.1, 0.15) is 12.0 Å². The predicted octanol–water partition coefficient (Wildman–Crippen LogP) is 2.59. The van der Waals surface area contributed by atoms with E-state index in [1.54, 1.807) is 9.80 Å². The van der Waals surface area contributed by atoms with Crippen LogP contribution in [-0.2, 0) is 6.18 Å². The van der Waals surface area contributed by atoms with Gasteiger partial charge in [-0.25, -0.2) is 4.79 Å². The third-order valence-electron chi connectivity index (χ3n) is 3.71. The lowest BCUT2D eigenvalue weighted by Gasteiger charge is -2.43. The number of alkyl halides is 3. The largest absolute Gasteiger partial charge is 0.487 e. The van der Waals surface area contributed by atoms with Crippen LogP contribution < -0.4 is 4.74 Å². The Morgan fingerprint density at radius 2 is 1.90 bits per heavy atom. The third kappa shape index (κ3) is 2.91. The molecular formula is C14H15F3N2O2. The van der Waals surface area contributed by atoms with Gasteiger partial charge in [0.05, 0.1) is 18.7 Å². The molecule has 114 valence electrons. The average molecular weight is 300 g/mol. The van der Waals surface area contributed by atoms with Gasteiger partial charge in [0.2, 0.25) is 0 Å². The number of nitrogens with zero attached hydrogens (tertiary/aromatic N) is 2. The number of halogens is 3. The molecule has 0 aliphatic carbocycles. The van der Waals surface area contributed by atoms with Gasteiger partial charge >= 0.3 is 12.2 Å². The van der Waals surface area contributed by atoms with Crippen LogP contribution in [0.25, 0.3) is 0 Å². The van der Waals surface area contributed by atoms with Crippen molar-refractivity contribution in [1.29, 1.82) is 0 Å². The highest BCUT2D eigenvalue weighted by Gasteiger charge is 2.36. The fourth-order valence-electron chi connectivity index (χ4n) is 2.31. The van der Waals surface area contributed by atoms with Gasteiger partial charge in [0.1, 0.15) is 11.9 Å². The summed E-state index contributed by atoms with van der Waals surface area (Å²) >= 11 is 0. The molecule has 0 radical (unpaired) electrons. The molecule has 0 saturated carbocycles. The number of urea groups is 1. The number of hydrogen-bond donors (Lipinski definition) is 0. The van der Waals surface area contributed by atoms with E-state index in [0.717, 1.165) is 31.6 Å². The maximum Gasteiger partial charge on any atom is 0.416 e. The van der Waals surface area contributed by atoms with Crippen molar-refractivity contribution in [2.45, 2.75) is 18.7 Å². The van der Waals surface area contributed by atoms with Gasteiger partial charge in [0.15, 0.2) is 0 Å². The second kappa shape index (κ2) is 5.13. The SMILES string of the molecule is O=C(N1CCC1)N1CC(Oc2cccc(C(F)(F)F)c2)C1. The van der Waals surface area contributed by atoms with E-state index in [2.05, 4.69) is 0 Å². The van der Waals surface area contributed by atoms with E-state index >= 15 is 0 Å². The molecule has 0 atom stereocenters. The van der Waals surface area contributed by atoms with Crippen LogP contribution in [0.15, 0.2) is 24.3 Å². The molecule has 2 amide bonds. The van der Waals surface area contributed by atoms with Gasteiger partial charge in [-0.15, -0.1) is 0 Å². The molecule has 0 N–H and O–H groups in total. The Morgan fingerprint density at radius 1 is 1.19 bits per heavy atom. The van der Waals surface area contributed by atoms with E-state index in [0.29, 0.717) is 13.1 Å². The van der Waals surface area contributed by atoms with Gasteiger partial charge in [-0.05, 0) is 24.6 Å². The number of benzene rings is 1. The Hall–Kier alpha value is -1.92. The molecular weight excluding hydrogens is 285 g/mol. The number of likely N-dealkylation sites (tertiary alicyclic amines) is 2. The zero-order valence-electron chi connectivity index (χ0n) is 11.3. The van der Waals surface area contributed by atoms with Gasteiger partial charge in [-0.1, -0.05) is 6.07 Å². The lowest BCUT2D eigenvalue weighted by molar-refractivity contribution is -0.137. The van der Waals surface area contributed by atoms with Crippen molar-refractivity contribution in [2.24, 2.45) is 0 Å². The molecule has 7 heteroatoms. The first-order chi connectivity index (χ1) is 9.93. The molecule has 1 aromatic rings. The highest BCUT2D eigenvalue weighted by Crippen LogP contribution is 2.32. The van der Waals surface area contributed by atoms with Crippen LogP contribution in [0.3, 0.4) is 0 Å². The van der Waals surface area contributed by atoms with Crippen molar-refractivity contribution < 1.29 is 22.7 Å². The Kier molecular flexibility index (Phi) is 3.43. The van der Waals surface area contributed by atoms with Crippen LogP contribution in [0, 0.1) is 0 Å². The Morgan fingerprint density at radius 3 is 2.48 bits per heavy atom. The summed E-state index contributed by atoms with van der Waals surface area (Å²) < 4.78 is 43.3. The van der Waals surface area contributed by atoms with Crippen LogP contribution in [0.4, 0.5) is 18.0 Å². The first kappa shape index (κ1) is 14.0. The van der Waals surface area contributed by atoms with Crippen molar-refractivity contribution in [3.63, 3.8) is 0 Å². The van der Waals surface area contributed by atoms with E-state index in [4.69, 9.17) is 4.74 Å². The molecule has 2 fully saturated rings. The predicted molar refractivity (Wildman–Crippen MR) is 69.0 cm³/mol. The maximum absolute atomic E-state index is 12.6. The molecule has 21 heavy (non-hydrogen) atoms. The molecule has 3 rings (SSSR count). The topological polar surface area (TPSA) is 32.8 Å². The highest BCUT2D eigenvalue weighted by molar-refractivity contribution is 5.76. The minimum Gasteiger partial charge on any atom is -0.487 e. The highest BCUT2D eigenvalue weighted by atomic mass is 19.4. The minimum atomic E-state index is -4.38. The molecule has 0 aromatic heterocycles. The molecule has 0 bridgehead atoms. The second-order valence-electron chi connectivity index (χ2n) is 5.29.